The molecule has 1 aromatic rings. The van der Waals surface area contributed by atoms with Gasteiger partial charge >= 0.3 is 0 Å². The molecule has 0 amide bonds. The lowest BCUT2D eigenvalue weighted by Crippen LogP contribution is -2.04. The van der Waals surface area contributed by atoms with Gasteiger partial charge in [-0.1, -0.05) is 22.4 Å². The zero-order valence-electron chi connectivity index (χ0n) is 9.50. The first-order valence-corrected chi connectivity index (χ1v) is 6.65. The lowest BCUT2D eigenvalue weighted by atomic mass is 10.00. The van der Waals surface area contributed by atoms with E-state index < -0.39 is 0 Å². The highest BCUT2D eigenvalue weighted by atomic mass is 79.9. The molecule has 3 heteroatoms. The Balaban J connectivity index is 2.48. The Bertz CT molecular complexity index is 376. The number of halogens is 1. The lowest BCUT2D eigenvalue weighted by Gasteiger charge is -2.17. The SMILES string of the molecule is CCOc1ccc(Br)c2c1CCCC[C@@H]2O. The van der Waals surface area contributed by atoms with E-state index in [1.54, 1.807) is 0 Å². The number of aliphatic hydroxyl groups is 1. The Morgan fingerprint density at radius 2 is 2.25 bits per heavy atom. The fourth-order valence-corrected chi connectivity index (χ4v) is 2.94. The van der Waals surface area contributed by atoms with E-state index in [0.717, 1.165) is 41.5 Å². The molecule has 0 aliphatic heterocycles. The summed E-state index contributed by atoms with van der Waals surface area (Å²) in [5, 5.41) is 10.1. The second-order valence-electron chi connectivity index (χ2n) is 4.13. The fraction of sp³-hybridized carbons (Fsp3) is 0.538. The van der Waals surface area contributed by atoms with Gasteiger partial charge in [-0.05, 0) is 38.3 Å². The van der Waals surface area contributed by atoms with E-state index in [1.807, 2.05) is 19.1 Å². The lowest BCUT2D eigenvalue weighted by molar-refractivity contribution is 0.165. The Morgan fingerprint density at radius 3 is 3.00 bits per heavy atom. The third-order valence-electron chi connectivity index (χ3n) is 3.05. The van der Waals surface area contributed by atoms with Crippen molar-refractivity contribution >= 4 is 15.9 Å². The molecule has 0 bridgehead atoms. The summed E-state index contributed by atoms with van der Waals surface area (Å²) in [6, 6.07) is 3.96. The number of ether oxygens (including phenoxy) is 1. The molecule has 2 rings (SSSR count). The van der Waals surface area contributed by atoms with Crippen molar-refractivity contribution in [2.45, 2.75) is 38.7 Å². The summed E-state index contributed by atoms with van der Waals surface area (Å²) >= 11 is 3.53. The van der Waals surface area contributed by atoms with Gasteiger partial charge in [-0.25, -0.2) is 0 Å². The smallest absolute Gasteiger partial charge is 0.122 e. The maximum Gasteiger partial charge on any atom is 0.122 e. The summed E-state index contributed by atoms with van der Waals surface area (Å²) in [7, 11) is 0. The highest BCUT2D eigenvalue weighted by Gasteiger charge is 2.22. The first-order valence-electron chi connectivity index (χ1n) is 5.86. The van der Waals surface area contributed by atoms with Gasteiger partial charge in [0.1, 0.15) is 5.75 Å². The summed E-state index contributed by atoms with van der Waals surface area (Å²) in [4.78, 5) is 0. The Hall–Kier alpha value is -0.540. The number of hydrogen-bond acceptors (Lipinski definition) is 2. The molecule has 1 aromatic carbocycles. The minimum Gasteiger partial charge on any atom is -0.494 e. The third-order valence-corrected chi connectivity index (χ3v) is 3.74. The normalized spacial score (nSPS) is 20.1. The molecular weight excluding hydrogens is 268 g/mol. The highest BCUT2D eigenvalue weighted by Crippen LogP contribution is 2.38. The van der Waals surface area contributed by atoms with Crippen LogP contribution in [0.3, 0.4) is 0 Å². The summed E-state index contributed by atoms with van der Waals surface area (Å²) in [6.45, 7) is 2.66. The molecule has 0 heterocycles. The average molecular weight is 285 g/mol. The first kappa shape index (κ1) is 11.9. The van der Waals surface area contributed by atoms with E-state index in [-0.39, 0.29) is 6.10 Å². The summed E-state index contributed by atoms with van der Waals surface area (Å²) in [6.07, 6.45) is 3.70. The van der Waals surface area contributed by atoms with Crippen LogP contribution in [-0.4, -0.2) is 11.7 Å². The number of benzene rings is 1. The van der Waals surface area contributed by atoms with Crippen molar-refractivity contribution in [1.82, 2.24) is 0 Å². The minimum absolute atomic E-state index is 0.354. The predicted molar refractivity (Wildman–Crippen MR) is 67.8 cm³/mol. The predicted octanol–water partition coefficient (Wildman–Crippen LogP) is 3.61. The van der Waals surface area contributed by atoms with Gasteiger partial charge in [0.2, 0.25) is 0 Å². The molecule has 1 aliphatic rings. The van der Waals surface area contributed by atoms with Crippen molar-refractivity contribution in [3.63, 3.8) is 0 Å². The maximum atomic E-state index is 10.1. The molecule has 0 radical (unpaired) electrons. The van der Waals surface area contributed by atoms with Gasteiger partial charge in [0.05, 0.1) is 12.7 Å². The van der Waals surface area contributed by atoms with Gasteiger partial charge in [0.25, 0.3) is 0 Å². The minimum atomic E-state index is -0.354. The average Bonchev–Trinajstić information content (AvgIpc) is 2.46. The van der Waals surface area contributed by atoms with Crippen LogP contribution >= 0.6 is 15.9 Å². The Labute approximate surface area is 105 Å². The van der Waals surface area contributed by atoms with Gasteiger partial charge < -0.3 is 9.84 Å². The fourth-order valence-electron chi connectivity index (χ4n) is 2.31. The molecule has 1 atom stereocenters. The zero-order valence-corrected chi connectivity index (χ0v) is 11.1. The first-order chi connectivity index (χ1) is 7.74. The van der Waals surface area contributed by atoms with Crippen molar-refractivity contribution in [2.24, 2.45) is 0 Å². The van der Waals surface area contributed by atoms with E-state index in [9.17, 15) is 5.11 Å². The van der Waals surface area contributed by atoms with Crippen LogP contribution < -0.4 is 4.74 Å². The van der Waals surface area contributed by atoms with Gasteiger partial charge in [-0.2, -0.15) is 0 Å². The van der Waals surface area contributed by atoms with Crippen LogP contribution in [0.15, 0.2) is 16.6 Å². The van der Waals surface area contributed by atoms with Gasteiger partial charge in [-0.15, -0.1) is 0 Å². The van der Waals surface area contributed by atoms with Crippen molar-refractivity contribution in [2.75, 3.05) is 6.61 Å². The quantitative estimate of drug-likeness (QED) is 0.841. The Kier molecular flexibility index (Phi) is 3.87. The zero-order chi connectivity index (χ0) is 11.5. The van der Waals surface area contributed by atoms with Crippen LogP contribution in [0.4, 0.5) is 0 Å². The number of aliphatic hydroxyl groups excluding tert-OH is 1. The topological polar surface area (TPSA) is 29.5 Å². The van der Waals surface area contributed by atoms with Crippen LogP contribution in [0, 0.1) is 0 Å². The van der Waals surface area contributed by atoms with Crippen molar-refractivity contribution in [3.05, 3.63) is 27.7 Å². The standard InChI is InChI=1S/C13H17BrO2/c1-2-16-12-8-7-10(14)13-9(12)5-3-4-6-11(13)15/h7-8,11,15H,2-6H2,1H3/t11-/m0/s1. The molecule has 0 spiro atoms. The monoisotopic (exact) mass is 284 g/mol. The molecule has 0 saturated carbocycles. The van der Waals surface area contributed by atoms with E-state index in [2.05, 4.69) is 15.9 Å². The van der Waals surface area contributed by atoms with Crippen molar-refractivity contribution in [3.8, 4) is 5.75 Å². The second-order valence-corrected chi connectivity index (χ2v) is 4.99. The Morgan fingerprint density at radius 1 is 1.44 bits per heavy atom. The largest absolute Gasteiger partial charge is 0.494 e. The van der Waals surface area contributed by atoms with Crippen LogP contribution in [-0.2, 0) is 6.42 Å². The molecule has 0 fully saturated rings. The number of rotatable bonds is 2. The number of hydrogen-bond donors (Lipinski definition) is 1. The molecule has 0 unspecified atom stereocenters. The van der Waals surface area contributed by atoms with Crippen LogP contribution in [0.1, 0.15) is 43.4 Å². The van der Waals surface area contributed by atoms with Crippen molar-refractivity contribution in [1.29, 1.82) is 0 Å². The molecule has 1 N–H and O–H groups in total. The third kappa shape index (κ3) is 2.25. The highest BCUT2D eigenvalue weighted by molar-refractivity contribution is 9.10. The van der Waals surface area contributed by atoms with E-state index in [4.69, 9.17) is 4.74 Å². The maximum absolute atomic E-state index is 10.1. The molecule has 0 aromatic heterocycles. The molecule has 2 nitrogen and oxygen atoms in total. The summed E-state index contributed by atoms with van der Waals surface area (Å²) in [5.41, 5.74) is 2.21. The van der Waals surface area contributed by atoms with E-state index >= 15 is 0 Å². The van der Waals surface area contributed by atoms with Gasteiger partial charge in [-0.3, -0.25) is 0 Å². The number of fused-ring (bicyclic) bond motifs is 1. The second kappa shape index (κ2) is 5.19. The molecule has 88 valence electrons. The van der Waals surface area contributed by atoms with E-state index in [0.29, 0.717) is 6.61 Å². The van der Waals surface area contributed by atoms with Gasteiger partial charge in [0.15, 0.2) is 0 Å². The van der Waals surface area contributed by atoms with E-state index in [1.165, 1.54) is 5.56 Å². The molecule has 1 aliphatic carbocycles. The molecule has 16 heavy (non-hydrogen) atoms. The summed E-state index contributed by atoms with van der Waals surface area (Å²) in [5.74, 6) is 0.932. The van der Waals surface area contributed by atoms with Gasteiger partial charge in [0, 0.05) is 15.6 Å². The molecule has 0 saturated heterocycles. The van der Waals surface area contributed by atoms with Crippen molar-refractivity contribution < 1.29 is 9.84 Å². The van der Waals surface area contributed by atoms with Crippen LogP contribution in [0.25, 0.3) is 0 Å². The molecular formula is C13H17BrO2. The van der Waals surface area contributed by atoms with Crippen LogP contribution in [0.5, 0.6) is 5.75 Å². The summed E-state index contributed by atoms with van der Waals surface area (Å²) < 4.78 is 6.63. The van der Waals surface area contributed by atoms with Crippen LogP contribution in [0.2, 0.25) is 0 Å².